The summed E-state index contributed by atoms with van der Waals surface area (Å²) in [7, 11) is 0. The smallest absolute Gasteiger partial charge is 0.327 e. The van der Waals surface area contributed by atoms with Crippen LogP contribution in [0.2, 0.25) is 0 Å². The molecule has 0 amide bonds. The first-order valence-electron chi connectivity index (χ1n) is 7.20. The van der Waals surface area contributed by atoms with Crippen LogP contribution in [0.3, 0.4) is 0 Å². The maximum Gasteiger partial charge on any atom is 0.327 e. The predicted molar refractivity (Wildman–Crippen MR) is 90.3 cm³/mol. The van der Waals surface area contributed by atoms with Gasteiger partial charge in [0.1, 0.15) is 17.2 Å². The number of aromatic amines is 3. The number of aromatic nitrogens is 5. The van der Waals surface area contributed by atoms with Gasteiger partial charge < -0.3 is 10.3 Å². The monoisotopic (exact) mass is 320 g/mol. The van der Waals surface area contributed by atoms with Crippen LogP contribution in [0.4, 0.5) is 11.5 Å². The topological polar surface area (TPSA) is 119 Å². The molecule has 0 bridgehead atoms. The molecule has 3 heterocycles. The number of nitrogens with one attached hydrogen (secondary N) is 4. The van der Waals surface area contributed by atoms with Crippen LogP contribution in [0.15, 0.2) is 58.3 Å². The second-order valence-electron chi connectivity index (χ2n) is 5.14. The van der Waals surface area contributed by atoms with Gasteiger partial charge in [0.05, 0.1) is 0 Å². The highest BCUT2D eigenvalue weighted by atomic mass is 16.2. The van der Waals surface area contributed by atoms with Crippen molar-refractivity contribution < 1.29 is 0 Å². The second-order valence-corrected chi connectivity index (χ2v) is 5.14. The molecule has 1 aromatic carbocycles. The average molecular weight is 320 g/mol. The molecule has 8 nitrogen and oxygen atoms in total. The fraction of sp³-hybridized carbons (Fsp3) is 0. The molecular weight excluding hydrogens is 308 g/mol. The number of pyridine rings is 1. The van der Waals surface area contributed by atoms with Crippen molar-refractivity contribution in [3.63, 3.8) is 0 Å². The van der Waals surface area contributed by atoms with Gasteiger partial charge in [0, 0.05) is 17.4 Å². The lowest BCUT2D eigenvalue weighted by atomic mass is 10.2. The van der Waals surface area contributed by atoms with E-state index in [0.29, 0.717) is 17.2 Å². The Hall–Kier alpha value is -3.68. The Kier molecular flexibility index (Phi) is 3.20. The van der Waals surface area contributed by atoms with Crippen LogP contribution in [-0.4, -0.2) is 24.9 Å². The van der Waals surface area contributed by atoms with E-state index in [1.807, 2.05) is 42.5 Å². The first-order valence-corrected chi connectivity index (χ1v) is 7.20. The molecule has 0 aliphatic carbocycles. The summed E-state index contributed by atoms with van der Waals surface area (Å²) in [6.07, 6.45) is 1.63. The maximum absolute atomic E-state index is 11.7. The van der Waals surface area contributed by atoms with Crippen LogP contribution in [0, 0.1) is 0 Å². The molecule has 118 valence electrons. The maximum atomic E-state index is 11.7. The van der Waals surface area contributed by atoms with Gasteiger partial charge in [0.15, 0.2) is 5.65 Å². The first-order chi connectivity index (χ1) is 11.7. The van der Waals surface area contributed by atoms with Gasteiger partial charge in [-0.3, -0.25) is 14.8 Å². The Morgan fingerprint density at radius 1 is 0.917 bits per heavy atom. The zero-order valence-corrected chi connectivity index (χ0v) is 12.3. The average Bonchev–Trinajstić information content (AvgIpc) is 3.01. The zero-order valence-electron chi connectivity index (χ0n) is 12.3. The summed E-state index contributed by atoms with van der Waals surface area (Å²) in [5, 5.41) is 3.18. The van der Waals surface area contributed by atoms with Gasteiger partial charge in [-0.05, 0) is 24.3 Å². The van der Waals surface area contributed by atoms with Crippen molar-refractivity contribution >= 4 is 22.7 Å². The fourth-order valence-electron chi connectivity index (χ4n) is 2.35. The van der Waals surface area contributed by atoms with Crippen LogP contribution < -0.4 is 16.6 Å². The third-order valence-electron chi connectivity index (χ3n) is 3.47. The molecule has 0 atom stereocenters. The van der Waals surface area contributed by atoms with Gasteiger partial charge in [-0.1, -0.05) is 18.2 Å². The Balaban J connectivity index is 1.66. The standard InChI is InChI=1S/C16H12N6O2/c23-15-12-14(21-16(24)22-15)20-13(19-12)9-6-7-11(17-8-9)18-10-4-2-1-3-5-10/h1-8H,(H,17,18)(H3,19,20,21,22,23,24). The number of H-pyrrole nitrogens is 3. The highest BCUT2D eigenvalue weighted by Crippen LogP contribution is 2.19. The molecule has 3 aromatic heterocycles. The van der Waals surface area contributed by atoms with Crippen molar-refractivity contribution in [3.8, 4) is 11.4 Å². The predicted octanol–water partition coefficient (Wildman–Crippen LogP) is 1.75. The third kappa shape index (κ3) is 2.56. The number of imidazole rings is 1. The molecule has 0 aliphatic rings. The SMILES string of the molecule is O=c1[nH]c(=O)c2[nH]c(-c3ccc(Nc4ccccc4)nc3)nc2[nH]1. The lowest BCUT2D eigenvalue weighted by molar-refractivity contribution is 1.07. The third-order valence-corrected chi connectivity index (χ3v) is 3.47. The van der Waals surface area contributed by atoms with Crippen molar-refractivity contribution in [2.45, 2.75) is 0 Å². The van der Waals surface area contributed by atoms with E-state index >= 15 is 0 Å². The largest absolute Gasteiger partial charge is 0.340 e. The summed E-state index contributed by atoms with van der Waals surface area (Å²) in [5.74, 6) is 1.14. The second kappa shape index (κ2) is 5.51. The van der Waals surface area contributed by atoms with E-state index in [4.69, 9.17) is 0 Å². The number of anilines is 2. The number of hydrogen-bond acceptors (Lipinski definition) is 5. The van der Waals surface area contributed by atoms with Crippen molar-refractivity contribution in [2.24, 2.45) is 0 Å². The molecule has 0 saturated heterocycles. The van der Waals surface area contributed by atoms with E-state index in [2.05, 4.69) is 30.2 Å². The normalized spacial score (nSPS) is 10.8. The number of hydrogen-bond donors (Lipinski definition) is 4. The van der Waals surface area contributed by atoms with Gasteiger partial charge in [-0.2, -0.15) is 0 Å². The minimum atomic E-state index is -0.592. The highest BCUT2D eigenvalue weighted by molar-refractivity contribution is 5.74. The van der Waals surface area contributed by atoms with E-state index < -0.39 is 11.2 Å². The van der Waals surface area contributed by atoms with Crippen LogP contribution in [0.5, 0.6) is 0 Å². The number of rotatable bonds is 3. The molecule has 0 radical (unpaired) electrons. The van der Waals surface area contributed by atoms with E-state index in [1.165, 1.54) is 0 Å². The van der Waals surface area contributed by atoms with Crippen LogP contribution in [0.1, 0.15) is 0 Å². The van der Waals surface area contributed by atoms with E-state index in [1.54, 1.807) is 6.20 Å². The van der Waals surface area contributed by atoms with E-state index in [-0.39, 0.29) is 11.2 Å². The van der Waals surface area contributed by atoms with Crippen molar-refractivity contribution in [1.82, 2.24) is 24.9 Å². The summed E-state index contributed by atoms with van der Waals surface area (Å²) in [4.78, 5) is 39.1. The summed E-state index contributed by atoms with van der Waals surface area (Å²) in [6.45, 7) is 0. The van der Waals surface area contributed by atoms with Gasteiger partial charge in [-0.15, -0.1) is 0 Å². The molecule has 0 unspecified atom stereocenters. The quantitative estimate of drug-likeness (QED) is 0.458. The van der Waals surface area contributed by atoms with Gasteiger partial charge in [0.2, 0.25) is 0 Å². The molecule has 8 heteroatoms. The lowest BCUT2D eigenvalue weighted by Crippen LogP contribution is -2.21. The Labute approximate surface area is 134 Å². The summed E-state index contributed by atoms with van der Waals surface area (Å²) < 4.78 is 0. The highest BCUT2D eigenvalue weighted by Gasteiger charge is 2.09. The number of fused-ring (bicyclic) bond motifs is 1. The Morgan fingerprint density at radius 3 is 2.50 bits per heavy atom. The molecule has 0 saturated carbocycles. The van der Waals surface area contributed by atoms with E-state index in [0.717, 1.165) is 5.69 Å². The summed E-state index contributed by atoms with van der Waals surface area (Å²) >= 11 is 0. The molecule has 4 rings (SSSR count). The zero-order chi connectivity index (χ0) is 16.5. The molecule has 4 aromatic rings. The molecule has 0 aliphatic heterocycles. The molecule has 24 heavy (non-hydrogen) atoms. The van der Waals surface area contributed by atoms with Crippen LogP contribution >= 0.6 is 0 Å². The van der Waals surface area contributed by atoms with Crippen molar-refractivity contribution in [3.05, 3.63) is 69.5 Å². The summed E-state index contributed by atoms with van der Waals surface area (Å²) in [5.41, 5.74) is 0.964. The van der Waals surface area contributed by atoms with Gasteiger partial charge >= 0.3 is 5.69 Å². The minimum absolute atomic E-state index is 0.213. The van der Waals surface area contributed by atoms with Crippen LogP contribution in [0.25, 0.3) is 22.6 Å². The number of nitrogens with zero attached hydrogens (tertiary/aromatic N) is 2. The molecule has 0 spiro atoms. The number of para-hydroxylation sites is 1. The van der Waals surface area contributed by atoms with Crippen molar-refractivity contribution in [2.75, 3.05) is 5.32 Å². The van der Waals surface area contributed by atoms with Gasteiger partial charge in [-0.25, -0.2) is 14.8 Å². The van der Waals surface area contributed by atoms with E-state index in [9.17, 15) is 9.59 Å². The van der Waals surface area contributed by atoms with Crippen LogP contribution in [-0.2, 0) is 0 Å². The first kappa shape index (κ1) is 13.9. The summed E-state index contributed by atoms with van der Waals surface area (Å²) in [6, 6.07) is 13.3. The lowest BCUT2D eigenvalue weighted by Gasteiger charge is -2.05. The van der Waals surface area contributed by atoms with Gasteiger partial charge in [0.25, 0.3) is 5.56 Å². The number of benzene rings is 1. The fourth-order valence-corrected chi connectivity index (χ4v) is 2.35. The molecule has 0 fully saturated rings. The Bertz CT molecular complexity index is 1110. The molecule has 4 N–H and O–H groups in total. The Morgan fingerprint density at radius 2 is 1.75 bits per heavy atom. The minimum Gasteiger partial charge on any atom is -0.340 e. The van der Waals surface area contributed by atoms with Crippen molar-refractivity contribution in [1.29, 1.82) is 0 Å². The molecular formula is C16H12N6O2.